The molecule has 1 unspecified atom stereocenters. The SMILES string of the molecule is CCC1=CC([Si](C)(C)C)C=C1. The van der Waals surface area contributed by atoms with Crippen LogP contribution in [0.3, 0.4) is 0 Å². The van der Waals surface area contributed by atoms with Gasteiger partial charge >= 0.3 is 0 Å². The van der Waals surface area contributed by atoms with Crippen molar-refractivity contribution in [2.45, 2.75) is 38.5 Å². The van der Waals surface area contributed by atoms with Crippen molar-refractivity contribution in [3.05, 3.63) is 23.8 Å². The summed E-state index contributed by atoms with van der Waals surface area (Å²) in [6, 6.07) is 0. The minimum absolute atomic E-state index is 0.789. The number of allylic oxidation sites excluding steroid dienone is 4. The zero-order valence-electron chi connectivity index (χ0n) is 8.02. The second-order valence-electron chi connectivity index (χ2n) is 4.35. The molecule has 0 heterocycles. The highest BCUT2D eigenvalue weighted by molar-refractivity contribution is 6.78. The van der Waals surface area contributed by atoms with Gasteiger partial charge in [0.1, 0.15) is 0 Å². The van der Waals surface area contributed by atoms with Crippen molar-refractivity contribution in [1.29, 1.82) is 0 Å². The highest BCUT2D eigenvalue weighted by atomic mass is 28.3. The van der Waals surface area contributed by atoms with Gasteiger partial charge in [0, 0.05) is 0 Å². The fraction of sp³-hybridized carbons (Fsp3) is 0.600. The quantitative estimate of drug-likeness (QED) is 0.550. The third-order valence-electron chi connectivity index (χ3n) is 2.32. The largest absolute Gasteiger partial charge is 0.0801 e. The summed E-state index contributed by atoms with van der Waals surface area (Å²) in [4.78, 5) is 0. The maximum Gasteiger partial charge on any atom is 0.0558 e. The number of hydrogen-bond acceptors (Lipinski definition) is 0. The van der Waals surface area contributed by atoms with Crippen molar-refractivity contribution in [1.82, 2.24) is 0 Å². The Bertz CT molecular complexity index is 193. The second kappa shape index (κ2) is 2.98. The molecule has 0 saturated carbocycles. The van der Waals surface area contributed by atoms with E-state index < -0.39 is 8.07 Å². The van der Waals surface area contributed by atoms with Gasteiger partial charge in [0.05, 0.1) is 8.07 Å². The van der Waals surface area contributed by atoms with Crippen LogP contribution in [0.25, 0.3) is 0 Å². The van der Waals surface area contributed by atoms with E-state index in [0.29, 0.717) is 0 Å². The van der Waals surface area contributed by atoms with Crippen LogP contribution in [0.2, 0.25) is 25.2 Å². The Balaban J connectivity index is 2.69. The topological polar surface area (TPSA) is 0 Å². The smallest absolute Gasteiger partial charge is 0.0558 e. The highest BCUT2D eigenvalue weighted by Gasteiger charge is 2.24. The second-order valence-corrected chi connectivity index (χ2v) is 9.74. The molecule has 1 heteroatoms. The van der Waals surface area contributed by atoms with E-state index in [1.165, 1.54) is 12.0 Å². The van der Waals surface area contributed by atoms with Gasteiger partial charge in [-0.15, -0.1) is 0 Å². The van der Waals surface area contributed by atoms with Crippen molar-refractivity contribution in [3.8, 4) is 0 Å². The van der Waals surface area contributed by atoms with Crippen LogP contribution < -0.4 is 0 Å². The highest BCUT2D eigenvalue weighted by Crippen LogP contribution is 2.31. The summed E-state index contributed by atoms with van der Waals surface area (Å²) in [5, 5.41) is 0. The first-order valence-electron chi connectivity index (χ1n) is 4.43. The van der Waals surface area contributed by atoms with Crippen LogP contribution in [0.1, 0.15) is 13.3 Å². The van der Waals surface area contributed by atoms with E-state index in [-0.39, 0.29) is 0 Å². The summed E-state index contributed by atoms with van der Waals surface area (Å²) in [6.45, 7) is 9.51. The van der Waals surface area contributed by atoms with Crippen molar-refractivity contribution < 1.29 is 0 Å². The molecule has 0 nitrogen and oxygen atoms in total. The van der Waals surface area contributed by atoms with Crippen LogP contribution in [0.4, 0.5) is 0 Å². The van der Waals surface area contributed by atoms with Crippen molar-refractivity contribution in [2.75, 3.05) is 0 Å². The lowest BCUT2D eigenvalue weighted by molar-refractivity contribution is 1.14. The first-order chi connectivity index (χ1) is 5.04. The molecule has 0 bridgehead atoms. The molecule has 0 aromatic carbocycles. The number of rotatable bonds is 2. The molecule has 0 N–H and O–H groups in total. The maximum atomic E-state index is 2.45. The van der Waals surface area contributed by atoms with Crippen LogP contribution in [-0.2, 0) is 0 Å². The lowest BCUT2D eigenvalue weighted by Gasteiger charge is -2.20. The molecular weight excluding hydrogens is 148 g/mol. The minimum atomic E-state index is -0.945. The van der Waals surface area contributed by atoms with Crippen LogP contribution in [0.5, 0.6) is 0 Å². The van der Waals surface area contributed by atoms with E-state index in [1.54, 1.807) is 0 Å². The van der Waals surface area contributed by atoms with Gasteiger partial charge in [-0.3, -0.25) is 0 Å². The maximum absolute atomic E-state index is 2.45. The molecule has 62 valence electrons. The molecule has 0 fully saturated rings. The van der Waals surface area contributed by atoms with Crippen LogP contribution in [0.15, 0.2) is 23.8 Å². The standard InChI is InChI=1S/C10H18Si/c1-5-9-6-7-10(8-9)11(2,3)4/h6-8,10H,5H2,1-4H3. The summed E-state index contributed by atoms with van der Waals surface area (Å²) >= 11 is 0. The fourth-order valence-electron chi connectivity index (χ4n) is 1.34. The lowest BCUT2D eigenvalue weighted by atomic mass is 10.2. The third kappa shape index (κ3) is 2.06. The third-order valence-corrected chi connectivity index (χ3v) is 4.68. The van der Waals surface area contributed by atoms with E-state index in [1.807, 2.05) is 0 Å². The number of hydrogen-bond donors (Lipinski definition) is 0. The Labute approximate surface area is 71.0 Å². The summed E-state index contributed by atoms with van der Waals surface area (Å²) in [5.74, 6) is 0. The molecule has 0 aromatic heterocycles. The molecule has 0 radical (unpaired) electrons. The lowest BCUT2D eigenvalue weighted by Crippen LogP contribution is -2.24. The van der Waals surface area contributed by atoms with E-state index in [2.05, 4.69) is 44.8 Å². The van der Waals surface area contributed by atoms with E-state index >= 15 is 0 Å². The summed E-state index contributed by atoms with van der Waals surface area (Å²) in [5.41, 5.74) is 2.31. The van der Waals surface area contributed by atoms with Gasteiger partial charge in [-0.25, -0.2) is 0 Å². The van der Waals surface area contributed by atoms with Gasteiger partial charge in [-0.05, 0) is 12.0 Å². The Morgan fingerprint density at radius 3 is 2.27 bits per heavy atom. The normalized spacial score (nSPS) is 24.0. The monoisotopic (exact) mass is 166 g/mol. The van der Waals surface area contributed by atoms with Crippen molar-refractivity contribution in [3.63, 3.8) is 0 Å². The molecule has 1 rings (SSSR count). The Kier molecular flexibility index (Phi) is 2.38. The first-order valence-corrected chi connectivity index (χ1v) is 8.00. The first kappa shape index (κ1) is 8.79. The molecule has 0 amide bonds. The van der Waals surface area contributed by atoms with Crippen LogP contribution in [-0.4, -0.2) is 8.07 Å². The van der Waals surface area contributed by atoms with Gasteiger partial charge < -0.3 is 0 Å². The van der Waals surface area contributed by atoms with Crippen LogP contribution >= 0.6 is 0 Å². The molecule has 11 heavy (non-hydrogen) atoms. The van der Waals surface area contributed by atoms with Gasteiger partial charge in [0.15, 0.2) is 0 Å². The molecule has 0 aromatic rings. The molecule has 1 aliphatic rings. The summed E-state index contributed by atoms with van der Waals surface area (Å²) in [6.07, 6.45) is 8.32. The average molecular weight is 166 g/mol. The summed E-state index contributed by atoms with van der Waals surface area (Å²) in [7, 11) is -0.945. The van der Waals surface area contributed by atoms with E-state index in [9.17, 15) is 0 Å². The molecule has 1 atom stereocenters. The molecule has 1 aliphatic carbocycles. The molecular formula is C10H18Si. The molecule has 0 aliphatic heterocycles. The van der Waals surface area contributed by atoms with Gasteiger partial charge in [-0.1, -0.05) is 50.4 Å². The Morgan fingerprint density at radius 1 is 1.36 bits per heavy atom. The van der Waals surface area contributed by atoms with Crippen LogP contribution in [0, 0.1) is 0 Å². The Morgan fingerprint density at radius 2 is 2.00 bits per heavy atom. The predicted molar refractivity (Wildman–Crippen MR) is 54.6 cm³/mol. The minimum Gasteiger partial charge on any atom is -0.0801 e. The van der Waals surface area contributed by atoms with Crippen molar-refractivity contribution >= 4 is 8.07 Å². The zero-order chi connectivity index (χ0) is 8.48. The van der Waals surface area contributed by atoms with E-state index in [4.69, 9.17) is 0 Å². The fourth-order valence-corrected chi connectivity index (χ4v) is 2.73. The van der Waals surface area contributed by atoms with E-state index in [0.717, 1.165) is 5.54 Å². The van der Waals surface area contributed by atoms with Gasteiger partial charge in [0.25, 0.3) is 0 Å². The van der Waals surface area contributed by atoms with Gasteiger partial charge in [-0.2, -0.15) is 0 Å². The van der Waals surface area contributed by atoms with Crippen molar-refractivity contribution in [2.24, 2.45) is 0 Å². The molecule has 0 spiro atoms. The Hall–Kier alpha value is -0.303. The predicted octanol–water partition coefficient (Wildman–Crippen LogP) is 3.60. The molecule has 0 saturated heterocycles. The van der Waals surface area contributed by atoms with Gasteiger partial charge in [0.2, 0.25) is 0 Å². The zero-order valence-corrected chi connectivity index (χ0v) is 9.02. The average Bonchev–Trinajstić information content (AvgIpc) is 2.32. The summed E-state index contributed by atoms with van der Waals surface area (Å²) < 4.78 is 0.